The van der Waals surface area contributed by atoms with Gasteiger partial charge in [0.05, 0.1) is 11.9 Å². The summed E-state index contributed by atoms with van der Waals surface area (Å²) in [6.07, 6.45) is 4.54. The second-order valence-corrected chi connectivity index (χ2v) is 5.62. The summed E-state index contributed by atoms with van der Waals surface area (Å²) in [6, 6.07) is 0. The van der Waals surface area contributed by atoms with Gasteiger partial charge >= 0.3 is 0 Å². The number of carbonyl (C=O) groups is 1. The van der Waals surface area contributed by atoms with Crippen LogP contribution >= 0.6 is 11.3 Å². The number of thiazole rings is 1. The van der Waals surface area contributed by atoms with E-state index in [0.717, 1.165) is 17.7 Å². The molecule has 0 saturated carbocycles. The van der Waals surface area contributed by atoms with Crippen LogP contribution in [0.4, 0.5) is 0 Å². The third kappa shape index (κ3) is 3.64. The summed E-state index contributed by atoms with van der Waals surface area (Å²) in [4.78, 5) is 16.2. The van der Waals surface area contributed by atoms with Gasteiger partial charge in [-0.15, -0.1) is 11.3 Å². The Morgan fingerprint density at radius 3 is 2.89 bits per heavy atom. The maximum atomic E-state index is 11.9. The molecule has 0 unspecified atom stereocenters. The lowest BCUT2D eigenvalue weighted by Crippen LogP contribution is -2.25. The molecule has 5 nitrogen and oxygen atoms in total. The standard InChI is InChI=1S/C13H18N4OS/c1-9(2)11-8-19-13(16-11)12(18)14-5-4-10-6-15-17(3)7-10/h6-9H,4-5H2,1-3H3,(H,14,18). The average molecular weight is 278 g/mol. The maximum Gasteiger partial charge on any atom is 0.280 e. The fourth-order valence-electron chi connectivity index (χ4n) is 1.65. The molecule has 0 radical (unpaired) electrons. The molecule has 0 spiro atoms. The fourth-order valence-corrected chi connectivity index (χ4v) is 2.55. The molecule has 2 rings (SSSR count). The Morgan fingerprint density at radius 1 is 1.53 bits per heavy atom. The van der Waals surface area contributed by atoms with E-state index in [-0.39, 0.29) is 5.91 Å². The van der Waals surface area contributed by atoms with Crippen LogP contribution in [0.2, 0.25) is 0 Å². The van der Waals surface area contributed by atoms with Crippen molar-refractivity contribution in [2.45, 2.75) is 26.2 Å². The zero-order valence-electron chi connectivity index (χ0n) is 11.4. The highest BCUT2D eigenvalue weighted by Gasteiger charge is 2.12. The first-order valence-corrected chi connectivity index (χ1v) is 7.15. The highest BCUT2D eigenvalue weighted by Crippen LogP contribution is 2.17. The Balaban J connectivity index is 1.83. The van der Waals surface area contributed by atoms with Crippen LogP contribution in [0.5, 0.6) is 0 Å². The molecule has 0 atom stereocenters. The summed E-state index contributed by atoms with van der Waals surface area (Å²) in [7, 11) is 1.88. The highest BCUT2D eigenvalue weighted by molar-refractivity contribution is 7.11. The molecular formula is C13H18N4OS. The van der Waals surface area contributed by atoms with E-state index in [9.17, 15) is 4.79 Å². The molecular weight excluding hydrogens is 260 g/mol. The molecule has 102 valence electrons. The molecule has 0 bridgehead atoms. The lowest BCUT2D eigenvalue weighted by Gasteiger charge is -2.01. The maximum absolute atomic E-state index is 11.9. The molecule has 0 aliphatic heterocycles. The summed E-state index contributed by atoms with van der Waals surface area (Å²) >= 11 is 1.40. The van der Waals surface area contributed by atoms with Crippen LogP contribution in [-0.4, -0.2) is 27.2 Å². The van der Waals surface area contributed by atoms with Crippen LogP contribution < -0.4 is 5.32 Å². The van der Waals surface area contributed by atoms with Crippen molar-refractivity contribution in [3.05, 3.63) is 34.0 Å². The third-order valence-electron chi connectivity index (χ3n) is 2.77. The minimum atomic E-state index is -0.0965. The van der Waals surface area contributed by atoms with Gasteiger partial charge in [0.1, 0.15) is 0 Å². The Hall–Kier alpha value is -1.69. The topological polar surface area (TPSA) is 59.8 Å². The van der Waals surface area contributed by atoms with Crippen LogP contribution in [-0.2, 0) is 13.5 Å². The van der Waals surface area contributed by atoms with E-state index in [1.54, 1.807) is 4.68 Å². The third-order valence-corrected chi connectivity index (χ3v) is 3.62. The van der Waals surface area contributed by atoms with E-state index in [4.69, 9.17) is 0 Å². The average Bonchev–Trinajstić information content (AvgIpc) is 2.98. The number of aryl methyl sites for hydroxylation is 1. The van der Waals surface area contributed by atoms with Gasteiger partial charge in [0.2, 0.25) is 0 Å². The van der Waals surface area contributed by atoms with Crippen LogP contribution in [0.3, 0.4) is 0 Å². The Labute approximate surface area is 116 Å². The zero-order chi connectivity index (χ0) is 13.8. The Bertz CT molecular complexity index is 558. The number of rotatable bonds is 5. The number of nitrogens with one attached hydrogen (secondary N) is 1. The van der Waals surface area contributed by atoms with Gasteiger partial charge in [-0.3, -0.25) is 9.48 Å². The highest BCUT2D eigenvalue weighted by atomic mass is 32.1. The minimum Gasteiger partial charge on any atom is -0.350 e. The van der Waals surface area contributed by atoms with E-state index in [0.29, 0.717) is 17.5 Å². The predicted octanol–water partition coefficient (Wildman–Crippen LogP) is 1.97. The summed E-state index contributed by atoms with van der Waals surface area (Å²) < 4.78 is 1.76. The van der Waals surface area contributed by atoms with Gasteiger partial charge in [-0.1, -0.05) is 13.8 Å². The largest absolute Gasteiger partial charge is 0.350 e. The summed E-state index contributed by atoms with van der Waals surface area (Å²) in [5.41, 5.74) is 2.09. The fraction of sp³-hybridized carbons (Fsp3) is 0.462. The van der Waals surface area contributed by atoms with Crippen molar-refractivity contribution in [1.29, 1.82) is 0 Å². The molecule has 6 heteroatoms. The van der Waals surface area contributed by atoms with Gasteiger partial charge in [0, 0.05) is 25.2 Å². The van der Waals surface area contributed by atoms with Crippen molar-refractivity contribution in [2.24, 2.45) is 7.05 Å². The van der Waals surface area contributed by atoms with Gasteiger partial charge < -0.3 is 5.32 Å². The summed E-state index contributed by atoms with van der Waals surface area (Å²) in [6.45, 7) is 4.74. The van der Waals surface area contributed by atoms with Gasteiger partial charge in [-0.05, 0) is 17.9 Å². The van der Waals surface area contributed by atoms with E-state index in [1.807, 2.05) is 24.8 Å². The molecule has 1 amide bonds. The molecule has 0 saturated heterocycles. The molecule has 2 aromatic rings. The second kappa shape index (κ2) is 5.97. The molecule has 0 fully saturated rings. The monoisotopic (exact) mass is 278 g/mol. The van der Waals surface area contributed by atoms with Gasteiger partial charge in [0.15, 0.2) is 5.01 Å². The van der Waals surface area contributed by atoms with E-state index in [1.165, 1.54) is 11.3 Å². The molecule has 0 aromatic carbocycles. The number of nitrogens with zero attached hydrogens (tertiary/aromatic N) is 3. The van der Waals surface area contributed by atoms with Crippen molar-refractivity contribution >= 4 is 17.2 Å². The quantitative estimate of drug-likeness (QED) is 0.909. The zero-order valence-corrected chi connectivity index (χ0v) is 12.2. The van der Waals surface area contributed by atoms with Crippen molar-refractivity contribution in [1.82, 2.24) is 20.1 Å². The van der Waals surface area contributed by atoms with Crippen molar-refractivity contribution < 1.29 is 4.79 Å². The second-order valence-electron chi connectivity index (χ2n) is 4.76. The lowest BCUT2D eigenvalue weighted by molar-refractivity contribution is 0.0953. The molecule has 0 aliphatic rings. The molecule has 0 aliphatic carbocycles. The normalized spacial score (nSPS) is 10.9. The van der Waals surface area contributed by atoms with Gasteiger partial charge in [0.25, 0.3) is 5.91 Å². The number of aromatic nitrogens is 3. The van der Waals surface area contributed by atoms with Crippen LogP contribution in [0, 0.1) is 0 Å². The summed E-state index contributed by atoms with van der Waals surface area (Å²) in [5, 5.41) is 9.45. The summed E-state index contributed by atoms with van der Waals surface area (Å²) in [5.74, 6) is 0.258. The van der Waals surface area contributed by atoms with Crippen molar-refractivity contribution in [2.75, 3.05) is 6.54 Å². The predicted molar refractivity (Wildman–Crippen MR) is 75.4 cm³/mol. The van der Waals surface area contributed by atoms with Crippen LogP contribution in [0.1, 0.15) is 40.8 Å². The first-order chi connectivity index (χ1) is 9.06. The van der Waals surface area contributed by atoms with Crippen molar-refractivity contribution in [3.8, 4) is 0 Å². The molecule has 1 N–H and O–H groups in total. The van der Waals surface area contributed by atoms with Crippen LogP contribution in [0.15, 0.2) is 17.8 Å². The Morgan fingerprint density at radius 2 is 2.32 bits per heavy atom. The minimum absolute atomic E-state index is 0.0965. The smallest absolute Gasteiger partial charge is 0.280 e. The molecule has 19 heavy (non-hydrogen) atoms. The van der Waals surface area contributed by atoms with Gasteiger partial charge in [-0.2, -0.15) is 5.10 Å². The molecule has 2 heterocycles. The van der Waals surface area contributed by atoms with Crippen molar-refractivity contribution in [3.63, 3.8) is 0 Å². The molecule has 2 aromatic heterocycles. The number of carbonyl (C=O) groups excluding carboxylic acids is 1. The van der Waals surface area contributed by atoms with Gasteiger partial charge in [-0.25, -0.2) is 4.98 Å². The lowest BCUT2D eigenvalue weighted by atomic mass is 10.2. The Kier molecular flexibility index (Phi) is 4.31. The van der Waals surface area contributed by atoms with E-state index < -0.39 is 0 Å². The first kappa shape index (κ1) is 13.7. The SMILES string of the molecule is CC(C)c1csc(C(=O)NCCc2cnn(C)c2)n1. The van der Waals surface area contributed by atoms with E-state index >= 15 is 0 Å². The number of hydrogen-bond acceptors (Lipinski definition) is 4. The first-order valence-electron chi connectivity index (χ1n) is 6.27. The number of hydrogen-bond donors (Lipinski definition) is 1. The van der Waals surface area contributed by atoms with Crippen LogP contribution in [0.25, 0.3) is 0 Å². The van der Waals surface area contributed by atoms with E-state index in [2.05, 4.69) is 29.2 Å². The number of amides is 1.